The van der Waals surface area contributed by atoms with E-state index in [2.05, 4.69) is 17.1 Å². The minimum absolute atomic E-state index is 1.06. The smallest absolute Gasteiger partial charge is 0.0701 e. The van der Waals surface area contributed by atoms with Gasteiger partial charge in [-0.2, -0.15) is 0 Å². The zero-order valence-electron chi connectivity index (χ0n) is 6.88. The maximum absolute atomic E-state index is 6.86. The van der Waals surface area contributed by atoms with E-state index in [0.29, 0.717) is 0 Å². The molecular formula is C9H8N4. The van der Waals surface area contributed by atoms with Gasteiger partial charge in [0.25, 0.3) is 0 Å². The molecule has 0 spiro atoms. The number of aromatic nitrogens is 1. The molecule has 2 rings (SSSR count). The quantitative estimate of drug-likeness (QED) is 0.370. The molecule has 1 N–H and O–H groups in total. The summed E-state index contributed by atoms with van der Waals surface area (Å²) < 4.78 is 0. The Morgan fingerprint density at radius 1 is 1.15 bits per heavy atom. The first-order valence-electron chi connectivity index (χ1n) is 3.69. The molecule has 2 aromatic rings. The Labute approximate surface area is 75.3 Å². The van der Waals surface area contributed by atoms with Crippen molar-refractivity contribution in [2.75, 3.05) is 0 Å². The Kier molecular flexibility index (Phi) is 3.30. The number of rotatable bonds is 0. The highest BCUT2D eigenvalue weighted by atomic mass is 15.0. The molecule has 0 aliphatic carbocycles. The summed E-state index contributed by atoms with van der Waals surface area (Å²) in [6.07, 6.45) is 1.81. The van der Waals surface area contributed by atoms with Crippen LogP contribution in [0, 0.1) is 5.53 Å². The third-order valence-electron chi connectivity index (χ3n) is 1.51. The monoisotopic (exact) mass is 172 g/mol. The van der Waals surface area contributed by atoms with Crippen molar-refractivity contribution < 1.29 is 0 Å². The fourth-order valence-electron chi connectivity index (χ4n) is 1.02. The third kappa shape index (κ3) is 2.47. The van der Waals surface area contributed by atoms with Gasteiger partial charge in [-0.1, -0.05) is 24.3 Å². The van der Waals surface area contributed by atoms with Crippen molar-refractivity contribution in [1.82, 2.24) is 4.98 Å². The predicted molar refractivity (Wildman–Crippen MR) is 51.2 cm³/mol. The van der Waals surface area contributed by atoms with Gasteiger partial charge in [0, 0.05) is 11.6 Å². The molecule has 0 aliphatic rings. The van der Waals surface area contributed by atoms with Crippen LogP contribution in [0.2, 0.25) is 0 Å². The largest absolute Gasteiger partial charge is 0.256 e. The molecule has 13 heavy (non-hydrogen) atoms. The highest BCUT2D eigenvalue weighted by Crippen LogP contribution is 2.07. The molecule has 1 aromatic heterocycles. The first-order chi connectivity index (χ1) is 6.38. The third-order valence-corrected chi connectivity index (χ3v) is 1.51. The minimum Gasteiger partial charge on any atom is -0.256 e. The Morgan fingerprint density at radius 3 is 2.46 bits per heavy atom. The summed E-state index contributed by atoms with van der Waals surface area (Å²) >= 11 is 0. The van der Waals surface area contributed by atoms with Crippen LogP contribution >= 0.6 is 0 Å². The van der Waals surface area contributed by atoms with Crippen molar-refractivity contribution in [3.05, 3.63) is 53.0 Å². The molecule has 0 saturated carbocycles. The van der Waals surface area contributed by atoms with Crippen molar-refractivity contribution in [2.24, 2.45) is 0 Å². The van der Waals surface area contributed by atoms with Gasteiger partial charge in [0.2, 0.25) is 0 Å². The first-order valence-corrected chi connectivity index (χ1v) is 3.69. The topological polar surface area (TPSA) is 73.1 Å². The normalized spacial score (nSPS) is 8.31. The van der Waals surface area contributed by atoms with Crippen LogP contribution < -0.4 is 0 Å². The van der Waals surface area contributed by atoms with Crippen LogP contribution in [0.5, 0.6) is 0 Å². The number of pyridine rings is 1. The molecule has 0 unspecified atom stereocenters. The molecule has 1 heterocycles. The lowest BCUT2D eigenvalue weighted by atomic mass is 10.2. The summed E-state index contributed by atoms with van der Waals surface area (Å²) in [5, 5.41) is 1.20. The van der Waals surface area contributed by atoms with Crippen LogP contribution in [0.3, 0.4) is 0 Å². The second-order valence-electron chi connectivity index (χ2n) is 2.30. The van der Waals surface area contributed by atoms with Crippen molar-refractivity contribution in [3.63, 3.8) is 0 Å². The number of hydrogen-bond donors (Lipinski definition) is 1. The zero-order chi connectivity index (χ0) is 9.52. The lowest BCUT2D eigenvalue weighted by molar-refractivity contribution is 1.41. The van der Waals surface area contributed by atoms with Crippen molar-refractivity contribution in [1.29, 1.82) is 5.53 Å². The van der Waals surface area contributed by atoms with Gasteiger partial charge in [0.1, 0.15) is 0 Å². The highest BCUT2D eigenvalue weighted by Gasteiger charge is 1.86. The minimum atomic E-state index is 1.06. The molecule has 4 nitrogen and oxygen atoms in total. The summed E-state index contributed by atoms with van der Waals surface area (Å²) in [6, 6.07) is 12.1. The molecule has 1 aromatic carbocycles. The lowest BCUT2D eigenvalue weighted by Crippen LogP contribution is -1.73. The predicted octanol–water partition coefficient (Wildman–Crippen LogP) is 3.11. The van der Waals surface area contributed by atoms with Crippen LogP contribution in [0.4, 0.5) is 0 Å². The Morgan fingerprint density at radius 2 is 1.77 bits per heavy atom. The molecule has 0 atom stereocenters. The van der Waals surface area contributed by atoms with Crippen LogP contribution in [0.1, 0.15) is 0 Å². The molecule has 0 bridgehead atoms. The van der Waals surface area contributed by atoms with Gasteiger partial charge in [-0.05, 0) is 22.6 Å². The summed E-state index contributed by atoms with van der Waals surface area (Å²) in [5.74, 6) is 0. The Hall–Kier alpha value is -2.06. The molecule has 0 amide bonds. The van der Waals surface area contributed by atoms with Crippen molar-refractivity contribution in [2.45, 2.75) is 0 Å². The van der Waals surface area contributed by atoms with Crippen LogP contribution in [-0.4, -0.2) is 4.98 Å². The van der Waals surface area contributed by atoms with Gasteiger partial charge in [0.05, 0.1) is 5.52 Å². The molecule has 0 fully saturated rings. The van der Waals surface area contributed by atoms with Gasteiger partial charge >= 0.3 is 0 Å². The van der Waals surface area contributed by atoms with Gasteiger partial charge in [0.15, 0.2) is 0 Å². The van der Waals surface area contributed by atoms with E-state index < -0.39 is 0 Å². The van der Waals surface area contributed by atoms with Gasteiger partial charge < -0.3 is 0 Å². The number of benzene rings is 1. The van der Waals surface area contributed by atoms with Crippen molar-refractivity contribution in [3.8, 4) is 0 Å². The molecular weight excluding hydrogens is 164 g/mol. The number of fused-ring (bicyclic) bond motifs is 1. The molecule has 4 heteroatoms. The summed E-state index contributed by atoms with van der Waals surface area (Å²) in [6.45, 7) is 0. The van der Waals surface area contributed by atoms with Crippen LogP contribution in [0.15, 0.2) is 42.6 Å². The fourth-order valence-corrected chi connectivity index (χ4v) is 1.02. The van der Waals surface area contributed by atoms with E-state index in [1.165, 1.54) is 5.39 Å². The average Bonchev–Trinajstić information content (AvgIpc) is 2.19. The van der Waals surface area contributed by atoms with Crippen LogP contribution in [0.25, 0.3) is 21.3 Å². The van der Waals surface area contributed by atoms with E-state index in [-0.39, 0.29) is 0 Å². The molecule has 0 saturated heterocycles. The van der Waals surface area contributed by atoms with Crippen molar-refractivity contribution >= 4 is 10.9 Å². The Bertz CT molecular complexity index is 353. The zero-order valence-corrected chi connectivity index (χ0v) is 6.88. The number of hydrogen-bond acceptors (Lipinski definition) is 2. The van der Waals surface area contributed by atoms with E-state index in [0.717, 1.165) is 5.52 Å². The van der Waals surface area contributed by atoms with E-state index in [9.17, 15) is 0 Å². The average molecular weight is 172 g/mol. The summed E-state index contributed by atoms with van der Waals surface area (Å²) in [5.41, 5.74) is 13.3. The van der Waals surface area contributed by atoms with E-state index in [1.54, 1.807) is 4.91 Å². The van der Waals surface area contributed by atoms with Gasteiger partial charge in [-0.3, -0.25) is 4.98 Å². The lowest BCUT2D eigenvalue weighted by Gasteiger charge is -1.91. The molecule has 64 valence electrons. The van der Waals surface area contributed by atoms with E-state index in [4.69, 9.17) is 11.1 Å². The SMILES string of the molecule is [N-]=[N+]=N.c1ccc2ncccc2c1. The Balaban J connectivity index is 0.000000251. The van der Waals surface area contributed by atoms with Gasteiger partial charge in [-0.15, -0.1) is 5.53 Å². The maximum atomic E-state index is 6.86. The standard InChI is InChI=1S/C9H7N.HN3/c1-2-6-9-8(4-1)5-3-7-10-9;1-3-2/h1-7H;1H. The maximum Gasteiger partial charge on any atom is 0.0701 e. The molecule has 0 aliphatic heterocycles. The second-order valence-corrected chi connectivity index (χ2v) is 2.30. The van der Waals surface area contributed by atoms with E-state index in [1.807, 2.05) is 30.5 Å². The second kappa shape index (κ2) is 4.74. The number of nitrogens with one attached hydrogen (secondary N) is 1. The fraction of sp³-hybridized carbons (Fsp3) is 0. The van der Waals surface area contributed by atoms with Gasteiger partial charge in [-0.25, -0.2) is 0 Å². The summed E-state index contributed by atoms with van der Waals surface area (Å²) in [4.78, 5) is 5.93. The first kappa shape index (κ1) is 9.03. The van der Waals surface area contributed by atoms with Crippen LogP contribution in [-0.2, 0) is 0 Å². The number of para-hydroxylation sites is 1. The van der Waals surface area contributed by atoms with E-state index >= 15 is 0 Å². The molecule has 0 radical (unpaired) electrons. The number of nitrogens with zero attached hydrogens (tertiary/aromatic N) is 3. The summed E-state index contributed by atoms with van der Waals surface area (Å²) in [7, 11) is 0. The highest BCUT2D eigenvalue weighted by molar-refractivity contribution is 5.77.